The Balaban J connectivity index is 1.76. The van der Waals surface area contributed by atoms with Gasteiger partial charge >= 0.3 is 0 Å². The van der Waals surface area contributed by atoms with Crippen molar-refractivity contribution in [3.8, 4) is 5.75 Å². The van der Waals surface area contributed by atoms with Crippen molar-refractivity contribution in [2.45, 2.75) is 34.3 Å². The number of benzene rings is 2. The van der Waals surface area contributed by atoms with E-state index in [2.05, 4.69) is 16.4 Å². The highest BCUT2D eigenvalue weighted by Crippen LogP contribution is 2.26. The van der Waals surface area contributed by atoms with Crippen LogP contribution in [0.15, 0.2) is 54.9 Å². The molecule has 138 valence electrons. The Morgan fingerprint density at radius 3 is 2.37 bits per heavy atom. The van der Waals surface area contributed by atoms with E-state index in [-0.39, 0.29) is 5.91 Å². The number of aryl methyl sites for hydroxylation is 4. The maximum Gasteiger partial charge on any atom is 0.255 e. The Bertz CT molecular complexity index is 942. The number of carbonyl (C=O) groups excluding carboxylic acids is 1. The molecule has 0 aliphatic heterocycles. The topological polar surface area (TPSA) is 51.2 Å². The molecule has 0 fully saturated rings. The van der Waals surface area contributed by atoms with Crippen LogP contribution in [0, 0.1) is 27.7 Å². The van der Waals surface area contributed by atoms with Crippen LogP contribution < -0.4 is 10.1 Å². The number of carbonyl (C=O) groups is 1. The summed E-state index contributed by atoms with van der Waals surface area (Å²) in [7, 11) is 0. The molecule has 3 rings (SSSR count). The van der Waals surface area contributed by atoms with Crippen LogP contribution >= 0.6 is 0 Å². The van der Waals surface area contributed by atoms with Crippen molar-refractivity contribution in [3.63, 3.8) is 0 Å². The van der Waals surface area contributed by atoms with Gasteiger partial charge in [-0.3, -0.25) is 9.78 Å². The molecule has 0 saturated heterocycles. The molecule has 1 aromatic heterocycles. The summed E-state index contributed by atoms with van der Waals surface area (Å²) in [5, 5.41) is 3.00. The van der Waals surface area contributed by atoms with Crippen molar-refractivity contribution in [2.24, 2.45) is 0 Å². The standard InChI is InChI=1S/C23H24N2O2/c1-15-7-8-21(16(2)10-15)25-23(26)20-11-17(3)22(18(4)12-20)27-14-19-6-5-9-24-13-19/h5-13H,14H2,1-4H3,(H,25,26). The fraction of sp³-hybridized carbons (Fsp3) is 0.217. The summed E-state index contributed by atoms with van der Waals surface area (Å²) >= 11 is 0. The van der Waals surface area contributed by atoms with Gasteiger partial charge in [-0.25, -0.2) is 0 Å². The van der Waals surface area contributed by atoms with Gasteiger partial charge in [0.05, 0.1) is 0 Å². The van der Waals surface area contributed by atoms with Gasteiger partial charge in [0.1, 0.15) is 12.4 Å². The first-order valence-electron chi connectivity index (χ1n) is 8.95. The van der Waals surface area contributed by atoms with Crippen molar-refractivity contribution in [2.75, 3.05) is 5.32 Å². The van der Waals surface area contributed by atoms with Crippen LogP contribution in [0.1, 0.15) is 38.2 Å². The Labute approximate surface area is 160 Å². The van der Waals surface area contributed by atoms with E-state index in [9.17, 15) is 4.79 Å². The second-order valence-electron chi connectivity index (χ2n) is 6.86. The van der Waals surface area contributed by atoms with Crippen LogP contribution in [-0.4, -0.2) is 10.9 Å². The Kier molecular flexibility index (Phi) is 5.55. The van der Waals surface area contributed by atoms with Gasteiger partial charge < -0.3 is 10.1 Å². The fourth-order valence-corrected chi connectivity index (χ4v) is 3.10. The van der Waals surface area contributed by atoms with Crippen LogP contribution in [-0.2, 0) is 6.61 Å². The Hall–Kier alpha value is -3.14. The molecule has 0 aliphatic rings. The summed E-state index contributed by atoms with van der Waals surface area (Å²) in [6, 6.07) is 13.6. The first kappa shape index (κ1) is 18.6. The zero-order chi connectivity index (χ0) is 19.4. The van der Waals surface area contributed by atoms with Gasteiger partial charge in [0.15, 0.2) is 0 Å². The predicted molar refractivity (Wildman–Crippen MR) is 108 cm³/mol. The van der Waals surface area contributed by atoms with Gasteiger partial charge in [-0.05, 0) is 68.7 Å². The van der Waals surface area contributed by atoms with Crippen molar-refractivity contribution < 1.29 is 9.53 Å². The second kappa shape index (κ2) is 8.04. The average molecular weight is 360 g/mol. The molecule has 1 N–H and O–H groups in total. The van der Waals surface area contributed by atoms with Gasteiger partial charge in [0.2, 0.25) is 0 Å². The molecule has 4 heteroatoms. The molecule has 0 saturated carbocycles. The third kappa shape index (κ3) is 4.53. The van der Waals surface area contributed by atoms with Crippen molar-refractivity contribution in [1.29, 1.82) is 0 Å². The van der Waals surface area contributed by atoms with Crippen molar-refractivity contribution >= 4 is 11.6 Å². The van der Waals surface area contributed by atoms with E-state index >= 15 is 0 Å². The van der Waals surface area contributed by atoms with Gasteiger partial charge in [-0.2, -0.15) is 0 Å². The van der Waals surface area contributed by atoms with Crippen LogP contribution in [0.5, 0.6) is 5.75 Å². The summed E-state index contributed by atoms with van der Waals surface area (Å²) in [5.41, 5.74) is 6.55. The molecule has 4 nitrogen and oxygen atoms in total. The van der Waals surface area contributed by atoms with Gasteiger partial charge in [-0.15, -0.1) is 0 Å². The molecule has 0 radical (unpaired) electrons. The first-order chi connectivity index (χ1) is 12.9. The highest BCUT2D eigenvalue weighted by Gasteiger charge is 2.13. The molecule has 2 aromatic carbocycles. The third-order valence-electron chi connectivity index (χ3n) is 4.46. The van der Waals surface area contributed by atoms with E-state index in [0.29, 0.717) is 12.2 Å². The highest BCUT2D eigenvalue weighted by atomic mass is 16.5. The number of nitrogens with one attached hydrogen (secondary N) is 1. The molecular formula is C23H24N2O2. The Morgan fingerprint density at radius 1 is 1.00 bits per heavy atom. The molecule has 3 aromatic rings. The van der Waals surface area contributed by atoms with E-state index in [1.54, 1.807) is 12.4 Å². The number of hydrogen-bond donors (Lipinski definition) is 1. The maximum atomic E-state index is 12.7. The number of pyridine rings is 1. The van der Waals surface area contributed by atoms with Crippen LogP contribution in [0.25, 0.3) is 0 Å². The van der Waals surface area contributed by atoms with Crippen LogP contribution in [0.2, 0.25) is 0 Å². The zero-order valence-corrected chi connectivity index (χ0v) is 16.2. The molecule has 0 atom stereocenters. The zero-order valence-electron chi connectivity index (χ0n) is 16.2. The minimum Gasteiger partial charge on any atom is -0.488 e. The number of amides is 1. The third-order valence-corrected chi connectivity index (χ3v) is 4.46. The van der Waals surface area contributed by atoms with Crippen molar-refractivity contribution in [3.05, 3.63) is 88.2 Å². The summed E-state index contributed by atoms with van der Waals surface area (Å²) in [5.74, 6) is 0.689. The lowest BCUT2D eigenvalue weighted by atomic mass is 10.0. The molecule has 0 spiro atoms. The lowest BCUT2D eigenvalue weighted by molar-refractivity contribution is 0.102. The van der Waals surface area contributed by atoms with E-state index < -0.39 is 0 Å². The summed E-state index contributed by atoms with van der Waals surface area (Å²) in [4.78, 5) is 16.8. The van der Waals surface area contributed by atoms with Gasteiger partial charge in [0.25, 0.3) is 5.91 Å². The van der Waals surface area contributed by atoms with Crippen molar-refractivity contribution in [1.82, 2.24) is 4.98 Å². The monoisotopic (exact) mass is 360 g/mol. The lowest BCUT2D eigenvalue weighted by Crippen LogP contribution is -2.13. The lowest BCUT2D eigenvalue weighted by Gasteiger charge is -2.15. The summed E-state index contributed by atoms with van der Waals surface area (Å²) < 4.78 is 5.97. The van der Waals surface area contributed by atoms with E-state index in [1.807, 2.05) is 64.1 Å². The molecule has 0 bridgehead atoms. The van der Waals surface area contributed by atoms with Gasteiger partial charge in [-0.1, -0.05) is 23.8 Å². The highest BCUT2D eigenvalue weighted by molar-refractivity contribution is 6.05. The number of hydrogen-bond acceptors (Lipinski definition) is 3. The number of rotatable bonds is 5. The Morgan fingerprint density at radius 2 is 1.74 bits per heavy atom. The van der Waals surface area contributed by atoms with Gasteiger partial charge in [0, 0.05) is 29.2 Å². The number of anilines is 1. The quantitative estimate of drug-likeness (QED) is 0.685. The number of ether oxygens (including phenoxy) is 1. The number of aromatic nitrogens is 1. The minimum absolute atomic E-state index is 0.119. The van der Waals surface area contributed by atoms with E-state index in [1.165, 1.54) is 5.56 Å². The molecule has 1 heterocycles. The molecule has 0 aliphatic carbocycles. The van der Waals surface area contributed by atoms with Crippen LogP contribution in [0.3, 0.4) is 0 Å². The summed E-state index contributed by atoms with van der Waals surface area (Å²) in [6.07, 6.45) is 3.53. The molecule has 1 amide bonds. The largest absolute Gasteiger partial charge is 0.488 e. The first-order valence-corrected chi connectivity index (χ1v) is 8.95. The maximum absolute atomic E-state index is 12.7. The van der Waals surface area contributed by atoms with E-state index in [4.69, 9.17) is 4.74 Å². The number of nitrogens with zero attached hydrogens (tertiary/aromatic N) is 1. The molecule has 27 heavy (non-hydrogen) atoms. The molecule has 0 unspecified atom stereocenters. The minimum atomic E-state index is -0.119. The van der Waals surface area contributed by atoms with Crippen LogP contribution in [0.4, 0.5) is 5.69 Å². The SMILES string of the molecule is Cc1ccc(NC(=O)c2cc(C)c(OCc3cccnc3)c(C)c2)c(C)c1. The second-order valence-corrected chi connectivity index (χ2v) is 6.86. The predicted octanol–water partition coefficient (Wildman–Crippen LogP) is 5.15. The smallest absolute Gasteiger partial charge is 0.255 e. The summed E-state index contributed by atoms with van der Waals surface area (Å²) in [6.45, 7) is 8.40. The van der Waals surface area contributed by atoms with E-state index in [0.717, 1.165) is 33.7 Å². The average Bonchev–Trinajstić information content (AvgIpc) is 2.64. The fourth-order valence-electron chi connectivity index (χ4n) is 3.10. The molecular weight excluding hydrogens is 336 g/mol. The normalized spacial score (nSPS) is 10.5.